The van der Waals surface area contributed by atoms with Crippen LogP contribution < -0.4 is 0 Å². The van der Waals surface area contributed by atoms with Crippen molar-refractivity contribution in [2.45, 2.75) is 19.3 Å². The highest BCUT2D eigenvalue weighted by Gasteiger charge is 2.25. The van der Waals surface area contributed by atoms with E-state index in [0.29, 0.717) is 11.7 Å². The molecule has 0 spiro atoms. The van der Waals surface area contributed by atoms with E-state index in [1.807, 2.05) is 29.3 Å². The Hall–Kier alpha value is -2.82. The van der Waals surface area contributed by atoms with E-state index in [1.54, 1.807) is 18.5 Å². The molecule has 0 N–H and O–H groups in total. The number of hydrogen-bond donors (Lipinski definition) is 0. The number of fused-ring (bicyclic) bond motifs is 1. The van der Waals surface area contributed by atoms with Gasteiger partial charge in [-0.2, -0.15) is 0 Å². The fourth-order valence-corrected chi connectivity index (χ4v) is 3.45. The Morgan fingerprint density at radius 3 is 2.60 bits per heavy atom. The summed E-state index contributed by atoms with van der Waals surface area (Å²) >= 11 is 0. The molecule has 126 valence electrons. The SMILES string of the molecule is O=C(c1ncccn1)N1CCC(Cc2cnc3ccccc3c2)CC1. The number of carbonyl (C=O) groups excluding carboxylic acids is 1. The number of amides is 1. The molecule has 5 nitrogen and oxygen atoms in total. The van der Waals surface area contributed by atoms with Crippen molar-refractivity contribution in [3.63, 3.8) is 0 Å². The van der Waals surface area contributed by atoms with E-state index in [2.05, 4.69) is 27.1 Å². The van der Waals surface area contributed by atoms with E-state index in [9.17, 15) is 4.79 Å². The first-order chi connectivity index (χ1) is 12.3. The topological polar surface area (TPSA) is 59.0 Å². The third-order valence-corrected chi connectivity index (χ3v) is 4.83. The highest BCUT2D eigenvalue weighted by Crippen LogP contribution is 2.23. The maximum absolute atomic E-state index is 12.4. The van der Waals surface area contributed by atoms with Crippen molar-refractivity contribution in [3.8, 4) is 0 Å². The van der Waals surface area contributed by atoms with Crippen molar-refractivity contribution < 1.29 is 4.79 Å². The summed E-state index contributed by atoms with van der Waals surface area (Å²) in [4.78, 5) is 26.9. The lowest BCUT2D eigenvalue weighted by Crippen LogP contribution is -2.39. The molecule has 1 aliphatic heterocycles. The van der Waals surface area contributed by atoms with Gasteiger partial charge in [-0.1, -0.05) is 18.2 Å². The minimum atomic E-state index is -0.0635. The summed E-state index contributed by atoms with van der Waals surface area (Å²) < 4.78 is 0. The second kappa shape index (κ2) is 6.97. The lowest BCUT2D eigenvalue weighted by molar-refractivity contribution is 0.0678. The van der Waals surface area contributed by atoms with Crippen molar-refractivity contribution in [2.75, 3.05) is 13.1 Å². The van der Waals surface area contributed by atoms with Crippen LogP contribution in [0.3, 0.4) is 0 Å². The molecule has 25 heavy (non-hydrogen) atoms. The average Bonchev–Trinajstić information content (AvgIpc) is 2.69. The van der Waals surface area contributed by atoms with Gasteiger partial charge in [-0.15, -0.1) is 0 Å². The van der Waals surface area contributed by atoms with E-state index in [1.165, 1.54) is 10.9 Å². The van der Waals surface area contributed by atoms with E-state index >= 15 is 0 Å². The van der Waals surface area contributed by atoms with Crippen molar-refractivity contribution in [1.29, 1.82) is 0 Å². The zero-order valence-corrected chi connectivity index (χ0v) is 14.0. The predicted octanol–water partition coefficient (Wildman–Crippen LogP) is 3.12. The lowest BCUT2D eigenvalue weighted by atomic mass is 9.90. The molecule has 1 aliphatic rings. The fraction of sp³-hybridized carbons (Fsp3) is 0.300. The van der Waals surface area contributed by atoms with Gasteiger partial charge in [-0.25, -0.2) is 9.97 Å². The van der Waals surface area contributed by atoms with Gasteiger partial charge in [0.1, 0.15) is 0 Å². The summed E-state index contributed by atoms with van der Waals surface area (Å²) in [5.74, 6) is 0.815. The number of para-hydroxylation sites is 1. The van der Waals surface area contributed by atoms with Crippen LogP contribution in [0.25, 0.3) is 10.9 Å². The number of carbonyl (C=O) groups is 1. The smallest absolute Gasteiger partial charge is 0.291 e. The van der Waals surface area contributed by atoms with Crippen LogP contribution in [0.5, 0.6) is 0 Å². The zero-order valence-electron chi connectivity index (χ0n) is 14.0. The second-order valence-electron chi connectivity index (χ2n) is 6.55. The first-order valence-corrected chi connectivity index (χ1v) is 8.69. The Morgan fingerprint density at radius 2 is 1.80 bits per heavy atom. The van der Waals surface area contributed by atoms with Gasteiger partial charge in [0, 0.05) is 37.1 Å². The van der Waals surface area contributed by atoms with Gasteiger partial charge < -0.3 is 4.90 Å². The average molecular weight is 332 g/mol. The molecule has 2 aromatic heterocycles. The highest BCUT2D eigenvalue weighted by atomic mass is 16.2. The summed E-state index contributed by atoms with van der Waals surface area (Å²) in [6, 6.07) is 12.2. The van der Waals surface area contributed by atoms with Gasteiger partial charge in [0.15, 0.2) is 0 Å². The first-order valence-electron chi connectivity index (χ1n) is 8.69. The van der Waals surface area contributed by atoms with Crippen LogP contribution in [0.4, 0.5) is 0 Å². The zero-order chi connectivity index (χ0) is 17.1. The molecule has 1 amide bonds. The van der Waals surface area contributed by atoms with Crippen LogP contribution in [-0.4, -0.2) is 38.8 Å². The number of hydrogen-bond acceptors (Lipinski definition) is 4. The Bertz CT molecular complexity index is 873. The molecule has 5 heteroatoms. The molecular formula is C20H20N4O. The Labute approximate surface area is 146 Å². The molecular weight excluding hydrogens is 312 g/mol. The van der Waals surface area contributed by atoms with Crippen molar-refractivity contribution in [1.82, 2.24) is 19.9 Å². The quantitative estimate of drug-likeness (QED) is 0.739. The monoisotopic (exact) mass is 332 g/mol. The number of benzene rings is 1. The lowest BCUT2D eigenvalue weighted by Gasteiger charge is -2.31. The third kappa shape index (κ3) is 3.50. The minimum Gasteiger partial charge on any atom is -0.336 e. The highest BCUT2D eigenvalue weighted by molar-refractivity contribution is 5.90. The van der Waals surface area contributed by atoms with E-state index in [0.717, 1.165) is 37.9 Å². The number of nitrogens with zero attached hydrogens (tertiary/aromatic N) is 4. The van der Waals surface area contributed by atoms with Crippen molar-refractivity contribution in [3.05, 3.63) is 66.4 Å². The van der Waals surface area contributed by atoms with Crippen LogP contribution in [0.1, 0.15) is 29.0 Å². The van der Waals surface area contributed by atoms with Gasteiger partial charge >= 0.3 is 0 Å². The molecule has 0 unspecified atom stereocenters. The van der Waals surface area contributed by atoms with Gasteiger partial charge in [0.05, 0.1) is 5.52 Å². The Balaban J connectivity index is 1.37. The Morgan fingerprint density at radius 1 is 1.04 bits per heavy atom. The first kappa shape index (κ1) is 15.7. The van der Waals surface area contributed by atoms with E-state index < -0.39 is 0 Å². The maximum Gasteiger partial charge on any atom is 0.291 e. The van der Waals surface area contributed by atoms with Gasteiger partial charge in [0.25, 0.3) is 5.91 Å². The molecule has 4 rings (SSSR count). The summed E-state index contributed by atoms with van der Waals surface area (Å²) in [7, 11) is 0. The summed E-state index contributed by atoms with van der Waals surface area (Å²) in [6.45, 7) is 1.53. The number of pyridine rings is 1. The van der Waals surface area contributed by atoms with Gasteiger partial charge in [-0.3, -0.25) is 9.78 Å². The van der Waals surface area contributed by atoms with Gasteiger partial charge in [-0.05, 0) is 48.9 Å². The van der Waals surface area contributed by atoms with Crippen LogP contribution in [-0.2, 0) is 6.42 Å². The molecule has 0 atom stereocenters. The third-order valence-electron chi connectivity index (χ3n) is 4.83. The second-order valence-corrected chi connectivity index (χ2v) is 6.55. The van der Waals surface area contributed by atoms with Crippen LogP contribution in [0.15, 0.2) is 55.0 Å². The molecule has 0 saturated carbocycles. The number of rotatable bonds is 3. The summed E-state index contributed by atoms with van der Waals surface area (Å²) in [5, 5.41) is 1.19. The standard InChI is InChI=1S/C20H20N4O/c25-20(19-21-8-3-9-22-19)24-10-6-15(7-11-24)12-16-13-17-4-1-2-5-18(17)23-14-16/h1-5,8-9,13-15H,6-7,10-12H2. The fourth-order valence-electron chi connectivity index (χ4n) is 3.45. The molecule has 3 aromatic rings. The number of aromatic nitrogens is 3. The van der Waals surface area contributed by atoms with E-state index in [-0.39, 0.29) is 5.91 Å². The molecule has 0 bridgehead atoms. The van der Waals surface area contributed by atoms with Crippen LogP contribution in [0, 0.1) is 5.92 Å². The molecule has 1 aromatic carbocycles. The predicted molar refractivity (Wildman–Crippen MR) is 96.1 cm³/mol. The van der Waals surface area contributed by atoms with Crippen molar-refractivity contribution in [2.24, 2.45) is 5.92 Å². The van der Waals surface area contributed by atoms with Crippen LogP contribution >= 0.6 is 0 Å². The van der Waals surface area contributed by atoms with Gasteiger partial charge in [0.2, 0.25) is 5.82 Å². The van der Waals surface area contributed by atoms with E-state index in [4.69, 9.17) is 0 Å². The number of likely N-dealkylation sites (tertiary alicyclic amines) is 1. The molecule has 0 radical (unpaired) electrons. The molecule has 3 heterocycles. The summed E-state index contributed by atoms with van der Waals surface area (Å²) in [6.07, 6.45) is 8.23. The normalized spacial score (nSPS) is 15.4. The Kier molecular flexibility index (Phi) is 4.37. The number of piperidine rings is 1. The minimum absolute atomic E-state index is 0.0635. The van der Waals surface area contributed by atoms with Crippen molar-refractivity contribution >= 4 is 16.8 Å². The molecule has 1 saturated heterocycles. The molecule has 0 aliphatic carbocycles. The van der Waals surface area contributed by atoms with Crippen LogP contribution in [0.2, 0.25) is 0 Å². The maximum atomic E-state index is 12.4. The largest absolute Gasteiger partial charge is 0.336 e. The summed E-state index contributed by atoms with van der Waals surface area (Å²) in [5.41, 5.74) is 2.31. The molecule has 1 fully saturated rings.